The van der Waals surface area contributed by atoms with Gasteiger partial charge in [0.1, 0.15) is 30.4 Å². The number of rotatable bonds is 6. The molecule has 0 aromatic heterocycles. The van der Waals surface area contributed by atoms with Crippen LogP contribution in [0, 0.1) is 11.6 Å². The van der Waals surface area contributed by atoms with Gasteiger partial charge < -0.3 is 20.3 Å². The van der Waals surface area contributed by atoms with Gasteiger partial charge in [0.15, 0.2) is 0 Å². The summed E-state index contributed by atoms with van der Waals surface area (Å²) in [7, 11) is 0. The predicted octanol–water partition coefficient (Wildman–Crippen LogP) is 4.66. The highest BCUT2D eigenvalue weighted by atomic mass is 79.9. The number of hydrogen-bond acceptors (Lipinski definition) is 4. The fourth-order valence-corrected chi connectivity index (χ4v) is 4.15. The second-order valence-electron chi connectivity index (χ2n) is 7.52. The molecule has 166 valence electrons. The second-order valence-corrected chi connectivity index (χ2v) is 8.31. The Balaban J connectivity index is 1.35. The Labute approximate surface area is 191 Å². The minimum atomic E-state index is -1.60. The van der Waals surface area contributed by atoms with Crippen molar-refractivity contribution in [2.24, 2.45) is 0 Å². The molecule has 0 heterocycles. The zero-order valence-corrected chi connectivity index (χ0v) is 18.4. The number of aliphatic hydroxyl groups is 2. The zero-order chi connectivity index (χ0) is 22.8. The van der Waals surface area contributed by atoms with Gasteiger partial charge in [-0.2, -0.15) is 0 Å². The molecule has 0 aliphatic heterocycles. The Morgan fingerprint density at radius 1 is 1.00 bits per heavy atom. The molecule has 0 spiro atoms. The van der Waals surface area contributed by atoms with Gasteiger partial charge in [0.05, 0.1) is 4.47 Å². The molecule has 0 saturated carbocycles. The lowest BCUT2D eigenvalue weighted by Crippen LogP contribution is -2.36. The Morgan fingerprint density at radius 2 is 1.53 bits per heavy atom. The Morgan fingerprint density at radius 3 is 2.09 bits per heavy atom. The van der Waals surface area contributed by atoms with Crippen molar-refractivity contribution in [3.8, 4) is 11.1 Å². The molecule has 0 saturated heterocycles. The molecule has 8 heteroatoms. The van der Waals surface area contributed by atoms with Gasteiger partial charge >= 0.3 is 6.09 Å². The maximum atomic E-state index is 13.7. The molecular weight excluding hydrogens is 484 g/mol. The van der Waals surface area contributed by atoms with E-state index in [1.807, 2.05) is 48.5 Å². The molecule has 3 aromatic carbocycles. The van der Waals surface area contributed by atoms with Crippen molar-refractivity contribution in [2.75, 3.05) is 13.2 Å². The number of amides is 1. The number of alkyl carbamates (subject to hydrolysis) is 1. The average Bonchev–Trinajstić information content (AvgIpc) is 3.12. The number of hydrogen-bond donors (Lipinski definition) is 3. The molecule has 3 N–H and O–H groups in total. The third-order valence-electron chi connectivity index (χ3n) is 5.51. The number of ether oxygens (including phenoxy) is 1. The molecular formula is C24H20BrF2NO4. The predicted molar refractivity (Wildman–Crippen MR) is 118 cm³/mol. The van der Waals surface area contributed by atoms with Gasteiger partial charge in [0.25, 0.3) is 0 Å². The highest BCUT2D eigenvalue weighted by molar-refractivity contribution is 9.10. The molecule has 0 radical (unpaired) electrons. The molecule has 0 fully saturated rings. The van der Waals surface area contributed by atoms with Crippen LogP contribution in [-0.4, -0.2) is 35.6 Å². The summed E-state index contributed by atoms with van der Waals surface area (Å²) in [5.74, 6) is -1.93. The molecule has 3 aromatic rings. The van der Waals surface area contributed by atoms with Crippen molar-refractivity contribution >= 4 is 22.0 Å². The van der Waals surface area contributed by atoms with Gasteiger partial charge in [-0.05, 0) is 55.9 Å². The smallest absolute Gasteiger partial charge is 0.407 e. The first kappa shape index (κ1) is 22.4. The molecule has 32 heavy (non-hydrogen) atoms. The van der Waals surface area contributed by atoms with Crippen molar-refractivity contribution in [3.05, 3.63) is 93.5 Å². The van der Waals surface area contributed by atoms with Crippen LogP contribution < -0.4 is 5.32 Å². The lowest BCUT2D eigenvalue weighted by molar-refractivity contribution is 0.0182. The van der Waals surface area contributed by atoms with E-state index in [9.17, 15) is 23.8 Å². The van der Waals surface area contributed by atoms with Crippen molar-refractivity contribution < 1.29 is 28.5 Å². The number of carbonyl (C=O) groups excluding carboxylic acids is 1. The number of nitrogens with one attached hydrogen (secondary N) is 1. The first-order chi connectivity index (χ1) is 15.4. The molecule has 2 unspecified atom stereocenters. The average molecular weight is 504 g/mol. The zero-order valence-electron chi connectivity index (χ0n) is 16.8. The normalized spacial score (nSPS) is 14.4. The van der Waals surface area contributed by atoms with E-state index in [1.54, 1.807) is 0 Å². The summed E-state index contributed by atoms with van der Waals surface area (Å²) in [6, 6.07) is 17.7. The number of fused-ring (bicyclic) bond motifs is 3. The highest BCUT2D eigenvalue weighted by Crippen LogP contribution is 2.44. The Kier molecular flexibility index (Phi) is 6.55. The van der Waals surface area contributed by atoms with Crippen LogP contribution in [0.1, 0.15) is 28.7 Å². The van der Waals surface area contributed by atoms with Crippen LogP contribution in [0.5, 0.6) is 0 Å². The van der Waals surface area contributed by atoms with Crippen molar-refractivity contribution in [1.82, 2.24) is 5.32 Å². The van der Waals surface area contributed by atoms with E-state index >= 15 is 0 Å². The van der Waals surface area contributed by atoms with E-state index in [2.05, 4.69) is 21.2 Å². The summed E-state index contributed by atoms with van der Waals surface area (Å²) in [5, 5.41) is 22.7. The molecule has 0 bridgehead atoms. The fraction of sp³-hybridized carbons (Fsp3) is 0.208. The maximum absolute atomic E-state index is 13.7. The summed E-state index contributed by atoms with van der Waals surface area (Å²) >= 11 is 2.75. The minimum absolute atomic E-state index is 0.0989. The molecule has 1 aliphatic rings. The van der Waals surface area contributed by atoms with Gasteiger partial charge in [-0.3, -0.25) is 0 Å². The summed E-state index contributed by atoms with van der Waals surface area (Å²) in [6.07, 6.45) is -3.86. The molecule has 1 amide bonds. The minimum Gasteiger partial charge on any atom is -0.449 e. The number of halogens is 3. The molecule has 4 rings (SSSR count). The van der Waals surface area contributed by atoms with Gasteiger partial charge in [0, 0.05) is 12.5 Å². The third kappa shape index (κ3) is 4.39. The Bertz CT molecular complexity index is 1090. The van der Waals surface area contributed by atoms with Crippen molar-refractivity contribution in [3.63, 3.8) is 0 Å². The number of aliphatic hydroxyl groups excluding tert-OH is 2. The molecule has 2 atom stereocenters. The van der Waals surface area contributed by atoms with E-state index in [4.69, 9.17) is 4.74 Å². The topological polar surface area (TPSA) is 78.8 Å². The highest BCUT2D eigenvalue weighted by Gasteiger charge is 2.29. The Hall–Kier alpha value is -2.81. The van der Waals surface area contributed by atoms with Crippen molar-refractivity contribution in [1.29, 1.82) is 0 Å². The summed E-state index contributed by atoms with van der Waals surface area (Å²) in [4.78, 5) is 12.2. The van der Waals surface area contributed by atoms with E-state index in [-0.39, 0.29) is 29.1 Å². The number of carbonyl (C=O) groups is 1. The SMILES string of the molecule is O=C(NCC(O)C(O)c1cc(F)c(Br)c(F)c1)OCC1c2ccccc2-c2ccccc21. The summed E-state index contributed by atoms with van der Waals surface area (Å²) in [5.41, 5.74) is 4.19. The monoisotopic (exact) mass is 503 g/mol. The van der Waals surface area contributed by atoms with E-state index < -0.39 is 29.9 Å². The van der Waals surface area contributed by atoms with Crippen LogP contribution in [-0.2, 0) is 4.74 Å². The molecule has 5 nitrogen and oxygen atoms in total. The van der Waals surface area contributed by atoms with Crippen molar-refractivity contribution in [2.45, 2.75) is 18.1 Å². The largest absolute Gasteiger partial charge is 0.449 e. The van der Waals surface area contributed by atoms with Gasteiger partial charge in [-0.15, -0.1) is 0 Å². The van der Waals surface area contributed by atoms with Gasteiger partial charge in [-0.1, -0.05) is 48.5 Å². The van der Waals surface area contributed by atoms with E-state index in [1.165, 1.54) is 0 Å². The fourth-order valence-electron chi connectivity index (χ4n) is 3.92. The molecule has 1 aliphatic carbocycles. The lowest BCUT2D eigenvalue weighted by atomic mass is 9.98. The summed E-state index contributed by atoms with van der Waals surface area (Å²) in [6.45, 7) is -0.265. The van der Waals surface area contributed by atoms with Crippen LogP contribution >= 0.6 is 15.9 Å². The van der Waals surface area contributed by atoms with Crippen LogP contribution in [0.2, 0.25) is 0 Å². The maximum Gasteiger partial charge on any atom is 0.407 e. The summed E-state index contributed by atoms with van der Waals surface area (Å²) < 4.78 is 32.3. The first-order valence-corrected chi connectivity index (χ1v) is 10.8. The second kappa shape index (κ2) is 9.36. The van der Waals surface area contributed by atoms with Gasteiger partial charge in [0.2, 0.25) is 0 Å². The van der Waals surface area contributed by atoms with Crippen LogP contribution in [0.15, 0.2) is 65.1 Å². The van der Waals surface area contributed by atoms with Crippen LogP contribution in [0.4, 0.5) is 13.6 Å². The quantitative estimate of drug-likeness (QED) is 0.427. The standard InChI is InChI=1S/C24H20BrF2NO4/c25-22-19(26)9-13(10-20(22)27)23(30)21(29)11-28-24(31)32-12-18-16-7-3-1-5-14(16)15-6-2-4-8-17(15)18/h1-10,18,21,23,29-30H,11-12H2,(H,28,31). The van der Waals surface area contributed by atoms with E-state index in [0.29, 0.717) is 0 Å². The van der Waals surface area contributed by atoms with E-state index in [0.717, 1.165) is 34.4 Å². The van der Waals surface area contributed by atoms with Gasteiger partial charge in [-0.25, -0.2) is 13.6 Å². The van der Waals surface area contributed by atoms with Crippen LogP contribution in [0.3, 0.4) is 0 Å². The first-order valence-electron chi connectivity index (χ1n) is 9.96. The van der Waals surface area contributed by atoms with Crippen LogP contribution in [0.25, 0.3) is 11.1 Å². The third-order valence-corrected chi connectivity index (χ3v) is 6.27. The lowest BCUT2D eigenvalue weighted by Gasteiger charge is -2.20. The number of benzene rings is 3.